The molecule has 0 bridgehead atoms. The summed E-state index contributed by atoms with van der Waals surface area (Å²) in [6, 6.07) is 8.07. The van der Waals surface area contributed by atoms with Crippen LogP contribution in [-0.2, 0) is 6.42 Å². The van der Waals surface area contributed by atoms with Gasteiger partial charge in [0.15, 0.2) is 11.5 Å². The van der Waals surface area contributed by atoms with Gasteiger partial charge in [-0.05, 0) is 24.5 Å². The third-order valence-electron chi connectivity index (χ3n) is 4.14. The van der Waals surface area contributed by atoms with Gasteiger partial charge in [0.2, 0.25) is 0 Å². The highest BCUT2D eigenvalue weighted by Crippen LogP contribution is 2.27. The predicted molar refractivity (Wildman–Crippen MR) is 76.9 cm³/mol. The largest absolute Gasteiger partial charge is 0.441 e. The van der Waals surface area contributed by atoms with E-state index in [2.05, 4.69) is 4.98 Å². The molecule has 0 spiro atoms. The Balaban J connectivity index is 1.60. The molecule has 1 aromatic heterocycles. The fraction of sp³-hybridized carbons (Fsp3) is 0.562. The minimum absolute atomic E-state index is 0.177. The minimum atomic E-state index is 0.177. The zero-order chi connectivity index (χ0) is 13.1. The van der Waals surface area contributed by atoms with Crippen molar-refractivity contribution in [2.24, 2.45) is 11.7 Å². The van der Waals surface area contributed by atoms with Crippen molar-refractivity contribution < 1.29 is 4.42 Å². The van der Waals surface area contributed by atoms with Gasteiger partial charge < -0.3 is 10.2 Å². The Morgan fingerprint density at radius 2 is 2.00 bits per heavy atom. The van der Waals surface area contributed by atoms with Crippen LogP contribution in [0.3, 0.4) is 0 Å². The van der Waals surface area contributed by atoms with Crippen LogP contribution in [0, 0.1) is 5.92 Å². The normalized spacial score (nSPS) is 18.8. The van der Waals surface area contributed by atoms with Crippen LogP contribution in [0.1, 0.15) is 44.4 Å². The van der Waals surface area contributed by atoms with Crippen molar-refractivity contribution in [3.63, 3.8) is 0 Å². The molecule has 3 nitrogen and oxygen atoms in total. The third kappa shape index (κ3) is 3.16. The molecule has 0 amide bonds. The molecule has 1 aliphatic carbocycles. The van der Waals surface area contributed by atoms with E-state index in [1.54, 1.807) is 0 Å². The number of rotatable bonds is 4. The van der Waals surface area contributed by atoms with Crippen LogP contribution in [0.25, 0.3) is 11.1 Å². The lowest BCUT2D eigenvalue weighted by molar-refractivity contribution is 0.311. The van der Waals surface area contributed by atoms with Crippen molar-refractivity contribution >= 4 is 11.1 Å². The molecule has 2 N–H and O–H groups in total. The molecule has 3 rings (SSSR count). The van der Waals surface area contributed by atoms with Crippen molar-refractivity contribution in [3.05, 3.63) is 30.2 Å². The second kappa shape index (κ2) is 5.74. The molecule has 0 aliphatic heterocycles. The van der Waals surface area contributed by atoms with Crippen molar-refractivity contribution in [3.8, 4) is 0 Å². The number of hydrogen-bond acceptors (Lipinski definition) is 3. The van der Waals surface area contributed by atoms with Gasteiger partial charge in [-0.15, -0.1) is 0 Å². The lowest BCUT2D eigenvalue weighted by atomic mass is 9.84. The van der Waals surface area contributed by atoms with Crippen LogP contribution >= 0.6 is 0 Å². The van der Waals surface area contributed by atoms with Gasteiger partial charge in [0.05, 0.1) is 0 Å². The van der Waals surface area contributed by atoms with Gasteiger partial charge in [0, 0.05) is 12.5 Å². The van der Waals surface area contributed by atoms with E-state index in [0.29, 0.717) is 0 Å². The summed E-state index contributed by atoms with van der Waals surface area (Å²) in [5.41, 5.74) is 8.05. The highest BCUT2D eigenvalue weighted by molar-refractivity contribution is 5.72. The Labute approximate surface area is 114 Å². The summed E-state index contributed by atoms with van der Waals surface area (Å²) < 4.78 is 5.74. The number of nitrogens with zero attached hydrogens (tertiary/aromatic N) is 1. The van der Waals surface area contributed by atoms with Crippen molar-refractivity contribution in [1.29, 1.82) is 0 Å². The first kappa shape index (κ1) is 12.7. The second-order valence-electron chi connectivity index (χ2n) is 5.78. The summed E-state index contributed by atoms with van der Waals surface area (Å²) >= 11 is 0. The molecular formula is C16H22N2O. The standard InChI is InChI=1S/C16H22N2O/c17-13(10-12-6-2-1-3-7-12)11-16-18-14-8-4-5-9-15(14)19-16/h4-5,8-9,12-13H,1-3,6-7,10-11,17H2. The second-order valence-corrected chi connectivity index (χ2v) is 5.78. The molecule has 1 aromatic carbocycles. The molecule has 1 unspecified atom stereocenters. The van der Waals surface area contributed by atoms with Crippen LogP contribution in [0.5, 0.6) is 0 Å². The molecule has 102 valence electrons. The molecule has 3 heteroatoms. The van der Waals surface area contributed by atoms with Gasteiger partial charge in [-0.2, -0.15) is 0 Å². The first-order valence-corrected chi connectivity index (χ1v) is 7.41. The van der Waals surface area contributed by atoms with Gasteiger partial charge in [0.25, 0.3) is 0 Å². The van der Waals surface area contributed by atoms with E-state index in [-0.39, 0.29) is 6.04 Å². The van der Waals surface area contributed by atoms with Crippen LogP contribution in [0.4, 0.5) is 0 Å². The first-order chi connectivity index (χ1) is 9.31. The zero-order valence-corrected chi connectivity index (χ0v) is 11.3. The maximum Gasteiger partial charge on any atom is 0.197 e. The number of oxazole rings is 1. The third-order valence-corrected chi connectivity index (χ3v) is 4.14. The Hall–Kier alpha value is -1.35. The highest BCUT2D eigenvalue weighted by atomic mass is 16.3. The van der Waals surface area contributed by atoms with Gasteiger partial charge in [-0.25, -0.2) is 4.98 Å². The number of nitrogens with two attached hydrogens (primary N) is 1. The topological polar surface area (TPSA) is 52.0 Å². The van der Waals surface area contributed by atoms with E-state index in [4.69, 9.17) is 10.2 Å². The quantitative estimate of drug-likeness (QED) is 0.910. The van der Waals surface area contributed by atoms with Gasteiger partial charge in [-0.3, -0.25) is 0 Å². The van der Waals surface area contributed by atoms with Crippen LogP contribution in [0.2, 0.25) is 0 Å². The number of para-hydroxylation sites is 2. The average Bonchev–Trinajstić information content (AvgIpc) is 2.81. The Morgan fingerprint density at radius 1 is 1.21 bits per heavy atom. The molecule has 1 fully saturated rings. The monoisotopic (exact) mass is 258 g/mol. The molecule has 0 radical (unpaired) electrons. The average molecular weight is 258 g/mol. The van der Waals surface area contributed by atoms with E-state index >= 15 is 0 Å². The van der Waals surface area contributed by atoms with Crippen molar-refractivity contribution in [2.75, 3.05) is 0 Å². The summed E-state index contributed by atoms with van der Waals surface area (Å²) in [4.78, 5) is 4.50. The molecule has 19 heavy (non-hydrogen) atoms. The summed E-state index contributed by atoms with van der Waals surface area (Å²) in [5, 5.41) is 0. The lowest BCUT2D eigenvalue weighted by Crippen LogP contribution is -2.27. The van der Waals surface area contributed by atoms with E-state index < -0.39 is 0 Å². The summed E-state index contributed by atoms with van der Waals surface area (Å²) in [5.74, 6) is 1.60. The van der Waals surface area contributed by atoms with Crippen molar-refractivity contribution in [1.82, 2.24) is 4.98 Å². The highest BCUT2D eigenvalue weighted by Gasteiger charge is 2.18. The fourth-order valence-electron chi connectivity index (χ4n) is 3.17. The predicted octanol–water partition coefficient (Wildman–Crippen LogP) is 3.67. The van der Waals surface area contributed by atoms with E-state index in [0.717, 1.165) is 35.7 Å². The van der Waals surface area contributed by atoms with Gasteiger partial charge >= 0.3 is 0 Å². The van der Waals surface area contributed by atoms with Gasteiger partial charge in [0.1, 0.15) is 5.52 Å². The van der Waals surface area contributed by atoms with Crippen LogP contribution in [0.15, 0.2) is 28.7 Å². The van der Waals surface area contributed by atoms with Crippen molar-refractivity contribution in [2.45, 2.75) is 51.0 Å². The summed E-state index contributed by atoms with van der Waals surface area (Å²) in [6.45, 7) is 0. The molecule has 1 aliphatic rings. The number of aromatic nitrogens is 1. The minimum Gasteiger partial charge on any atom is -0.441 e. The molecule has 1 atom stereocenters. The number of benzene rings is 1. The number of fused-ring (bicyclic) bond motifs is 1. The Kier molecular flexibility index (Phi) is 3.83. The SMILES string of the molecule is NC(Cc1nc2ccccc2o1)CC1CCCCC1. The molecule has 0 saturated heterocycles. The number of hydrogen-bond donors (Lipinski definition) is 1. The lowest BCUT2D eigenvalue weighted by Gasteiger charge is -2.23. The smallest absolute Gasteiger partial charge is 0.197 e. The van der Waals surface area contributed by atoms with E-state index in [1.165, 1.54) is 32.1 Å². The maximum absolute atomic E-state index is 6.26. The molecule has 1 saturated carbocycles. The molecular weight excluding hydrogens is 236 g/mol. The summed E-state index contributed by atoms with van der Waals surface area (Å²) in [6.07, 6.45) is 8.71. The maximum atomic E-state index is 6.26. The molecule has 1 heterocycles. The van der Waals surface area contributed by atoms with E-state index in [9.17, 15) is 0 Å². The van der Waals surface area contributed by atoms with E-state index in [1.807, 2.05) is 24.3 Å². The molecule has 2 aromatic rings. The first-order valence-electron chi connectivity index (χ1n) is 7.41. The summed E-state index contributed by atoms with van der Waals surface area (Å²) in [7, 11) is 0. The van der Waals surface area contributed by atoms with Gasteiger partial charge in [-0.1, -0.05) is 44.2 Å². The van der Waals surface area contributed by atoms with Crippen LogP contribution < -0.4 is 5.73 Å². The fourth-order valence-corrected chi connectivity index (χ4v) is 3.17. The zero-order valence-electron chi connectivity index (χ0n) is 11.3. The Morgan fingerprint density at radius 3 is 2.79 bits per heavy atom. The Bertz CT molecular complexity index is 495. The van der Waals surface area contributed by atoms with Crippen LogP contribution in [-0.4, -0.2) is 11.0 Å².